The maximum atomic E-state index is 3.57. The summed E-state index contributed by atoms with van der Waals surface area (Å²) in [4.78, 5) is 0. The molecule has 2 atom stereocenters. The molecule has 0 amide bonds. The summed E-state index contributed by atoms with van der Waals surface area (Å²) >= 11 is 0. The predicted octanol–water partition coefficient (Wildman–Crippen LogP) is 2.04. The van der Waals surface area contributed by atoms with Crippen molar-refractivity contribution >= 4 is 0 Å². The minimum absolute atomic E-state index is 0.792. The molecular weight excluding hydrogens is 146 g/mol. The molecule has 1 aromatic carbocycles. The highest BCUT2D eigenvalue weighted by Crippen LogP contribution is 2.41. The van der Waals surface area contributed by atoms with Gasteiger partial charge in [0.05, 0.1) is 0 Å². The average Bonchev–Trinajstić information content (AvgIpc) is 2.05. The lowest BCUT2D eigenvalue weighted by atomic mass is 9.71. The molecule has 62 valence electrons. The van der Waals surface area contributed by atoms with Gasteiger partial charge in [0, 0.05) is 12.6 Å². The fourth-order valence-corrected chi connectivity index (χ4v) is 2.41. The summed E-state index contributed by atoms with van der Waals surface area (Å²) < 4.78 is 0. The first-order valence-electron chi connectivity index (χ1n) is 4.76. The van der Waals surface area contributed by atoms with Gasteiger partial charge in [0.1, 0.15) is 0 Å². The van der Waals surface area contributed by atoms with Crippen LogP contribution in [0.1, 0.15) is 29.9 Å². The molecule has 2 aliphatic rings. The first-order chi connectivity index (χ1) is 5.95. The van der Waals surface area contributed by atoms with Gasteiger partial charge in [0.15, 0.2) is 0 Å². The fourth-order valence-electron chi connectivity index (χ4n) is 2.41. The van der Waals surface area contributed by atoms with Gasteiger partial charge >= 0.3 is 0 Å². The Morgan fingerprint density at radius 3 is 2.92 bits per heavy atom. The van der Waals surface area contributed by atoms with Crippen LogP contribution in [0.2, 0.25) is 0 Å². The Balaban J connectivity index is 2.07. The van der Waals surface area contributed by atoms with Gasteiger partial charge in [-0.2, -0.15) is 0 Å². The molecule has 0 aromatic heterocycles. The zero-order valence-electron chi connectivity index (χ0n) is 7.09. The van der Waals surface area contributed by atoms with Gasteiger partial charge in [0.25, 0.3) is 0 Å². The summed E-state index contributed by atoms with van der Waals surface area (Å²) in [5, 5.41) is 3.57. The molecule has 0 spiro atoms. The van der Waals surface area contributed by atoms with Crippen LogP contribution in [-0.2, 0) is 6.54 Å². The number of benzene rings is 1. The van der Waals surface area contributed by atoms with Gasteiger partial charge in [-0.25, -0.2) is 0 Å². The molecule has 0 saturated heterocycles. The molecule has 3 rings (SSSR count). The quantitative estimate of drug-likeness (QED) is 0.610. The Hall–Kier alpha value is -0.820. The van der Waals surface area contributed by atoms with Crippen molar-refractivity contribution in [2.45, 2.75) is 31.3 Å². The SMILES string of the molecule is c1ccc2c(c1)CNC1CCC21. The highest BCUT2D eigenvalue weighted by molar-refractivity contribution is 5.35. The monoisotopic (exact) mass is 159 g/mol. The molecule has 1 saturated carbocycles. The topological polar surface area (TPSA) is 12.0 Å². The number of nitrogens with one attached hydrogen (secondary N) is 1. The van der Waals surface area contributed by atoms with Crippen LogP contribution in [0.15, 0.2) is 24.3 Å². The smallest absolute Gasteiger partial charge is 0.0211 e. The Morgan fingerprint density at radius 1 is 1.17 bits per heavy atom. The van der Waals surface area contributed by atoms with Crippen LogP contribution >= 0.6 is 0 Å². The summed E-state index contributed by atoms with van der Waals surface area (Å²) in [6.45, 7) is 1.08. The zero-order valence-corrected chi connectivity index (χ0v) is 7.09. The number of fused-ring (bicyclic) bond motifs is 3. The van der Waals surface area contributed by atoms with Crippen LogP contribution in [0.3, 0.4) is 0 Å². The Kier molecular flexibility index (Phi) is 1.30. The van der Waals surface area contributed by atoms with Gasteiger partial charge in [-0.3, -0.25) is 0 Å². The van der Waals surface area contributed by atoms with Gasteiger partial charge < -0.3 is 5.32 Å². The van der Waals surface area contributed by atoms with E-state index in [4.69, 9.17) is 0 Å². The van der Waals surface area contributed by atoms with Crippen molar-refractivity contribution in [2.75, 3.05) is 0 Å². The summed E-state index contributed by atoms with van der Waals surface area (Å²) in [5.41, 5.74) is 3.12. The van der Waals surface area contributed by atoms with Gasteiger partial charge in [0.2, 0.25) is 0 Å². The van der Waals surface area contributed by atoms with Gasteiger partial charge in [-0.15, -0.1) is 0 Å². The lowest BCUT2D eigenvalue weighted by Crippen LogP contribution is -2.45. The molecule has 1 fully saturated rings. The van der Waals surface area contributed by atoms with Crippen LogP contribution in [0, 0.1) is 0 Å². The van der Waals surface area contributed by atoms with Crippen molar-refractivity contribution in [3.05, 3.63) is 35.4 Å². The predicted molar refractivity (Wildman–Crippen MR) is 49.0 cm³/mol. The third kappa shape index (κ3) is 0.774. The first kappa shape index (κ1) is 6.67. The molecule has 1 N–H and O–H groups in total. The van der Waals surface area contributed by atoms with E-state index in [2.05, 4.69) is 29.6 Å². The van der Waals surface area contributed by atoms with E-state index < -0.39 is 0 Å². The number of rotatable bonds is 0. The second-order valence-electron chi connectivity index (χ2n) is 3.87. The Labute approximate surface area is 72.8 Å². The van der Waals surface area contributed by atoms with Crippen LogP contribution in [0.4, 0.5) is 0 Å². The maximum absolute atomic E-state index is 3.57. The van der Waals surface area contributed by atoms with E-state index in [1.165, 1.54) is 18.4 Å². The van der Waals surface area contributed by atoms with Crippen molar-refractivity contribution in [2.24, 2.45) is 0 Å². The lowest BCUT2D eigenvalue weighted by molar-refractivity contribution is 0.263. The molecule has 1 aliphatic carbocycles. The van der Waals surface area contributed by atoms with Crippen molar-refractivity contribution in [1.29, 1.82) is 0 Å². The largest absolute Gasteiger partial charge is 0.309 e. The minimum atomic E-state index is 0.792. The minimum Gasteiger partial charge on any atom is -0.309 e. The summed E-state index contributed by atoms with van der Waals surface area (Å²) in [6, 6.07) is 9.64. The van der Waals surface area contributed by atoms with Crippen LogP contribution in [0.25, 0.3) is 0 Å². The summed E-state index contributed by atoms with van der Waals surface area (Å²) in [7, 11) is 0. The molecule has 1 heteroatoms. The van der Waals surface area contributed by atoms with E-state index >= 15 is 0 Å². The van der Waals surface area contributed by atoms with Crippen LogP contribution in [0.5, 0.6) is 0 Å². The van der Waals surface area contributed by atoms with Crippen molar-refractivity contribution in [3.8, 4) is 0 Å². The second-order valence-corrected chi connectivity index (χ2v) is 3.87. The van der Waals surface area contributed by atoms with Crippen molar-refractivity contribution < 1.29 is 0 Å². The molecule has 0 radical (unpaired) electrons. The average molecular weight is 159 g/mol. The molecule has 2 unspecified atom stereocenters. The van der Waals surface area contributed by atoms with E-state index in [0.29, 0.717) is 0 Å². The van der Waals surface area contributed by atoms with Gasteiger partial charge in [-0.05, 0) is 29.9 Å². The van der Waals surface area contributed by atoms with E-state index in [9.17, 15) is 0 Å². The second kappa shape index (κ2) is 2.33. The van der Waals surface area contributed by atoms with E-state index in [1.54, 1.807) is 5.56 Å². The number of hydrogen-bond donors (Lipinski definition) is 1. The highest BCUT2D eigenvalue weighted by Gasteiger charge is 2.35. The molecule has 1 aliphatic heterocycles. The molecule has 12 heavy (non-hydrogen) atoms. The maximum Gasteiger partial charge on any atom is 0.0211 e. The van der Waals surface area contributed by atoms with Crippen LogP contribution in [-0.4, -0.2) is 6.04 Å². The van der Waals surface area contributed by atoms with Crippen LogP contribution < -0.4 is 5.32 Å². The lowest BCUT2D eigenvalue weighted by Gasteiger charge is -2.42. The third-order valence-corrected chi connectivity index (χ3v) is 3.28. The van der Waals surface area contributed by atoms with Gasteiger partial charge in [-0.1, -0.05) is 24.3 Å². The normalized spacial score (nSPS) is 31.7. The Morgan fingerprint density at radius 2 is 2.08 bits per heavy atom. The van der Waals surface area contributed by atoms with Crippen molar-refractivity contribution in [3.63, 3.8) is 0 Å². The van der Waals surface area contributed by atoms with Crippen molar-refractivity contribution in [1.82, 2.24) is 5.32 Å². The van der Waals surface area contributed by atoms with E-state index in [1.807, 2.05) is 0 Å². The molecular formula is C11H13N. The summed E-state index contributed by atoms with van der Waals surface area (Å²) in [5.74, 6) is 0.829. The molecule has 1 heterocycles. The van der Waals surface area contributed by atoms with E-state index in [0.717, 1.165) is 18.5 Å². The Bertz CT molecular complexity index is 306. The fraction of sp³-hybridized carbons (Fsp3) is 0.455. The number of hydrogen-bond acceptors (Lipinski definition) is 1. The highest BCUT2D eigenvalue weighted by atomic mass is 14.9. The zero-order chi connectivity index (χ0) is 7.97. The van der Waals surface area contributed by atoms with E-state index in [-0.39, 0.29) is 0 Å². The summed E-state index contributed by atoms with van der Waals surface area (Å²) in [6.07, 6.45) is 2.76. The standard InChI is InChI=1S/C11H13N/c1-2-4-9-8(3-1)7-12-11-6-5-10(9)11/h1-4,10-12H,5-7H2. The molecule has 0 bridgehead atoms. The first-order valence-corrected chi connectivity index (χ1v) is 4.76. The molecule has 1 nitrogen and oxygen atoms in total. The third-order valence-electron chi connectivity index (χ3n) is 3.28. The molecule has 1 aromatic rings.